The Hall–Kier alpha value is -1.66. The molecule has 2 aromatic rings. The summed E-state index contributed by atoms with van der Waals surface area (Å²) in [6.45, 7) is 2.59. The fourth-order valence-corrected chi connectivity index (χ4v) is 2.86. The number of carbonyl (C=O) groups excluding carboxylic acids is 1. The van der Waals surface area contributed by atoms with Crippen LogP contribution < -0.4 is 11.5 Å². The van der Waals surface area contributed by atoms with Gasteiger partial charge in [-0.2, -0.15) is 0 Å². The van der Waals surface area contributed by atoms with Gasteiger partial charge in [0.05, 0.1) is 4.88 Å². The van der Waals surface area contributed by atoms with Gasteiger partial charge in [-0.25, -0.2) is 0 Å². The highest BCUT2D eigenvalue weighted by Gasteiger charge is 2.23. The predicted octanol–water partition coefficient (Wildman–Crippen LogP) is 2.09. The molecule has 0 unspecified atom stereocenters. The van der Waals surface area contributed by atoms with Crippen LogP contribution in [0.4, 0.5) is 0 Å². The summed E-state index contributed by atoms with van der Waals surface area (Å²) in [4.78, 5) is 12.6. The summed E-state index contributed by atoms with van der Waals surface area (Å²) in [5.74, 6) is 0.0653. The van der Waals surface area contributed by atoms with Gasteiger partial charge in [-0.05, 0) is 43.3 Å². The molecule has 1 amide bonds. The molecule has 0 saturated heterocycles. The fourth-order valence-electron chi connectivity index (χ4n) is 1.95. The van der Waals surface area contributed by atoms with E-state index in [9.17, 15) is 4.79 Å². The first-order chi connectivity index (χ1) is 9.15. The Kier molecular flexibility index (Phi) is 4.34. The zero-order chi connectivity index (χ0) is 13.8. The van der Waals surface area contributed by atoms with Gasteiger partial charge >= 0.3 is 0 Å². The lowest BCUT2D eigenvalue weighted by atomic mass is 10.1. The average molecular weight is 279 g/mol. The van der Waals surface area contributed by atoms with Crippen molar-refractivity contribution in [3.8, 4) is 10.6 Å². The standard InChI is InChI=1S/C13H17N3O2S/c1-8-5-7-19-12(8)11-10(13(15)17)9(18-16-11)4-2-3-6-14/h5,7H,2-4,6,14H2,1H3,(H2,15,17). The van der Waals surface area contributed by atoms with Crippen LogP contribution in [0.2, 0.25) is 0 Å². The molecule has 19 heavy (non-hydrogen) atoms. The molecule has 6 heteroatoms. The number of amides is 1. The predicted molar refractivity (Wildman–Crippen MR) is 75.1 cm³/mol. The largest absolute Gasteiger partial charge is 0.365 e. The molecule has 0 fully saturated rings. The van der Waals surface area contributed by atoms with Gasteiger partial charge in [0.25, 0.3) is 5.91 Å². The smallest absolute Gasteiger partial charge is 0.254 e. The quantitative estimate of drug-likeness (QED) is 0.791. The van der Waals surface area contributed by atoms with E-state index in [0.717, 1.165) is 23.3 Å². The zero-order valence-corrected chi connectivity index (χ0v) is 11.6. The van der Waals surface area contributed by atoms with Crippen LogP contribution in [-0.2, 0) is 6.42 Å². The molecule has 2 rings (SSSR count). The van der Waals surface area contributed by atoms with Crippen LogP contribution >= 0.6 is 11.3 Å². The molecule has 0 aromatic carbocycles. The summed E-state index contributed by atoms with van der Waals surface area (Å²) in [6.07, 6.45) is 2.37. The van der Waals surface area contributed by atoms with Crippen LogP contribution in [0.1, 0.15) is 34.5 Å². The van der Waals surface area contributed by atoms with E-state index in [1.54, 1.807) is 0 Å². The zero-order valence-electron chi connectivity index (χ0n) is 10.8. The van der Waals surface area contributed by atoms with E-state index in [1.165, 1.54) is 11.3 Å². The number of nitrogens with two attached hydrogens (primary N) is 2. The second-order valence-corrected chi connectivity index (χ2v) is 5.29. The maximum Gasteiger partial charge on any atom is 0.254 e. The summed E-state index contributed by atoms with van der Waals surface area (Å²) in [6, 6.07) is 1.98. The number of unbranched alkanes of at least 4 members (excludes halogenated alkanes) is 1. The van der Waals surface area contributed by atoms with Gasteiger partial charge in [-0.3, -0.25) is 4.79 Å². The Morgan fingerprint density at radius 1 is 1.47 bits per heavy atom. The summed E-state index contributed by atoms with van der Waals surface area (Å²) in [7, 11) is 0. The van der Waals surface area contributed by atoms with Gasteiger partial charge in [0, 0.05) is 6.42 Å². The minimum Gasteiger partial charge on any atom is -0.365 e. The van der Waals surface area contributed by atoms with Crippen LogP contribution in [0.15, 0.2) is 16.0 Å². The normalized spacial score (nSPS) is 10.8. The Morgan fingerprint density at radius 3 is 2.84 bits per heavy atom. The monoisotopic (exact) mass is 279 g/mol. The highest BCUT2D eigenvalue weighted by molar-refractivity contribution is 7.13. The van der Waals surface area contributed by atoms with Crippen LogP contribution in [0.25, 0.3) is 10.6 Å². The summed E-state index contributed by atoms with van der Waals surface area (Å²) in [5, 5.41) is 5.98. The van der Waals surface area contributed by atoms with Crippen molar-refractivity contribution in [2.75, 3.05) is 6.54 Å². The lowest BCUT2D eigenvalue weighted by molar-refractivity contribution is 0.0999. The molecule has 0 spiro atoms. The summed E-state index contributed by atoms with van der Waals surface area (Å²) in [5.41, 5.74) is 12.9. The van der Waals surface area contributed by atoms with Crippen LogP contribution in [0, 0.1) is 6.92 Å². The van der Waals surface area contributed by atoms with Crippen molar-refractivity contribution in [1.82, 2.24) is 5.16 Å². The van der Waals surface area contributed by atoms with Crippen molar-refractivity contribution < 1.29 is 9.32 Å². The SMILES string of the molecule is Cc1ccsc1-c1noc(CCCCN)c1C(N)=O. The number of carbonyl (C=O) groups is 1. The van der Waals surface area contributed by atoms with Gasteiger partial charge in [-0.15, -0.1) is 11.3 Å². The Labute approximate surface area is 115 Å². The number of primary amides is 1. The third kappa shape index (κ3) is 2.85. The van der Waals surface area contributed by atoms with E-state index >= 15 is 0 Å². The average Bonchev–Trinajstić information content (AvgIpc) is 2.95. The van der Waals surface area contributed by atoms with Gasteiger partial charge < -0.3 is 16.0 Å². The number of aryl methyl sites for hydroxylation is 2. The molecule has 5 nitrogen and oxygen atoms in total. The van der Waals surface area contributed by atoms with E-state index in [-0.39, 0.29) is 0 Å². The van der Waals surface area contributed by atoms with Crippen LogP contribution in [0.5, 0.6) is 0 Å². The third-order valence-electron chi connectivity index (χ3n) is 2.94. The van der Waals surface area contributed by atoms with Crippen LogP contribution in [-0.4, -0.2) is 17.6 Å². The molecule has 102 valence electrons. The molecule has 4 N–H and O–H groups in total. The fraction of sp³-hybridized carbons (Fsp3) is 0.385. The molecule has 2 heterocycles. The van der Waals surface area contributed by atoms with Gasteiger partial charge in [0.1, 0.15) is 17.0 Å². The van der Waals surface area contributed by atoms with Crippen molar-refractivity contribution in [1.29, 1.82) is 0 Å². The molecule has 0 radical (unpaired) electrons. The molecule has 2 aromatic heterocycles. The number of nitrogens with zero attached hydrogens (tertiary/aromatic N) is 1. The van der Waals surface area contributed by atoms with E-state index in [0.29, 0.717) is 30.0 Å². The second-order valence-electron chi connectivity index (χ2n) is 4.37. The second kappa shape index (κ2) is 5.99. The molecule has 0 bridgehead atoms. The van der Waals surface area contributed by atoms with Gasteiger partial charge in [0.15, 0.2) is 0 Å². The molecule has 0 aliphatic rings. The minimum atomic E-state index is -0.494. The van der Waals surface area contributed by atoms with Crippen molar-refractivity contribution in [2.45, 2.75) is 26.2 Å². The number of hydrogen-bond donors (Lipinski definition) is 2. The Balaban J connectivity index is 2.35. The maximum atomic E-state index is 11.6. The number of aromatic nitrogens is 1. The Morgan fingerprint density at radius 2 is 2.26 bits per heavy atom. The van der Waals surface area contributed by atoms with Crippen LogP contribution in [0.3, 0.4) is 0 Å². The lowest BCUT2D eigenvalue weighted by Crippen LogP contribution is -2.13. The lowest BCUT2D eigenvalue weighted by Gasteiger charge is -1.99. The topological polar surface area (TPSA) is 95.1 Å². The number of thiophene rings is 1. The van der Waals surface area contributed by atoms with Gasteiger partial charge in [-0.1, -0.05) is 5.16 Å². The minimum absolute atomic E-state index is 0.405. The number of rotatable bonds is 6. The summed E-state index contributed by atoms with van der Waals surface area (Å²) >= 11 is 1.53. The van der Waals surface area contributed by atoms with E-state index in [1.807, 2.05) is 18.4 Å². The molecular weight excluding hydrogens is 262 g/mol. The summed E-state index contributed by atoms with van der Waals surface area (Å²) < 4.78 is 5.30. The molecule has 0 aliphatic heterocycles. The highest BCUT2D eigenvalue weighted by Crippen LogP contribution is 2.32. The van der Waals surface area contributed by atoms with Gasteiger partial charge in [0.2, 0.25) is 0 Å². The Bertz CT molecular complexity index is 574. The molecular formula is C13H17N3O2S. The van der Waals surface area contributed by atoms with E-state index in [4.69, 9.17) is 16.0 Å². The van der Waals surface area contributed by atoms with E-state index < -0.39 is 5.91 Å². The van der Waals surface area contributed by atoms with Crippen molar-refractivity contribution in [3.63, 3.8) is 0 Å². The highest BCUT2D eigenvalue weighted by atomic mass is 32.1. The van der Waals surface area contributed by atoms with Crippen molar-refractivity contribution in [2.24, 2.45) is 11.5 Å². The molecule has 0 aliphatic carbocycles. The molecule has 0 atom stereocenters. The first-order valence-electron chi connectivity index (χ1n) is 6.18. The van der Waals surface area contributed by atoms with Crippen molar-refractivity contribution in [3.05, 3.63) is 28.3 Å². The first-order valence-corrected chi connectivity index (χ1v) is 7.06. The maximum absolute atomic E-state index is 11.6. The number of hydrogen-bond acceptors (Lipinski definition) is 5. The van der Waals surface area contributed by atoms with E-state index in [2.05, 4.69) is 5.16 Å². The third-order valence-corrected chi connectivity index (χ3v) is 3.97. The first kappa shape index (κ1) is 13.8. The molecule has 0 saturated carbocycles. The van der Waals surface area contributed by atoms with Crippen molar-refractivity contribution >= 4 is 17.2 Å².